The van der Waals surface area contributed by atoms with Gasteiger partial charge < -0.3 is 15.1 Å². The number of aliphatic carboxylic acids is 1. The number of carbonyl (C=O) groups excluding carboxylic acids is 1. The lowest BCUT2D eigenvalue weighted by Gasteiger charge is -2.18. The number of nitrogens with zero attached hydrogens (tertiary/aromatic N) is 3. The van der Waals surface area contributed by atoms with Crippen molar-refractivity contribution in [2.24, 2.45) is 7.05 Å². The van der Waals surface area contributed by atoms with Crippen molar-refractivity contribution in [1.29, 1.82) is 0 Å². The molecule has 8 bridgehead atoms. The number of ketones is 1. The predicted octanol–water partition coefficient (Wildman–Crippen LogP) is 7.82. The minimum absolute atomic E-state index is 0.0270. The smallest absolute Gasteiger partial charge is 0.303 e. The molecule has 0 unspecified atom stereocenters. The van der Waals surface area contributed by atoms with E-state index in [1.165, 1.54) is 16.7 Å². The van der Waals surface area contributed by atoms with Crippen molar-refractivity contribution in [2.45, 2.75) is 85.5 Å². The van der Waals surface area contributed by atoms with Crippen LogP contribution < -0.4 is 4.57 Å². The number of fused-ring (bicyclic) bond motifs is 8. The largest absolute Gasteiger partial charge is 0.481 e. The van der Waals surface area contributed by atoms with Crippen LogP contribution in [0.15, 0.2) is 36.7 Å². The molecule has 0 radical (unpaired) electrons. The zero-order valence-electron chi connectivity index (χ0n) is 28.3. The molecule has 8 nitrogen and oxygen atoms in total. The molecule has 3 N–H and O–H groups in total. The number of pyridine rings is 1. The number of carbonyl (C=O) groups is 2. The van der Waals surface area contributed by atoms with Crippen molar-refractivity contribution in [1.82, 2.24) is 19.9 Å². The molecule has 47 heavy (non-hydrogen) atoms. The standard InChI is InChI=1S/C39H41N5O3/c1-8-24-19(3)28-17-31-25(9-2)20(4)36(42-31)35(23-12-14-44(7)15-13-23)37-21(5)26(10-11-33(46)47)38(43-37)27-16-32(45)34-22(6)29(41-39(27)34)18-30(24)40-28/h12-15,17-18,21,26H,8-11,16H2,1-7H3,(H2,40,41,42,45,46,47)/p+1/t21-,26-/m0/s1. The highest BCUT2D eigenvalue weighted by molar-refractivity contribution is 6.13. The summed E-state index contributed by atoms with van der Waals surface area (Å²) in [6, 6.07) is 8.50. The summed E-state index contributed by atoms with van der Waals surface area (Å²) >= 11 is 0. The molecule has 3 aliphatic rings. The Hall–Kier alpha value is -4.85. The van der Waals surface area contributed by atoms with E-state index in [0.717, 1.165) is 85.5 Å². The van der Waals surface area contributed by atoms with Gasteiger partial charge in [-0.1, -0.05) is 20.8 Å². The van der Waals surface area contributed by atoms with Gasteiger partial charge in [-0.15, -0.1) is 0 Å². The lowest BCUT2D eigenvalue weighted by Crippen LogP contribution is -2.25. The number of aromatic amines is 2. The molecule has 2 aliphatic heterocycles. The van der Waals surface area contributed by atoms with Crippen molar-refractivity contribution >= 4 is 45.0 Å². The molecule has 0 amide bonds. The van der Waals surface area contributed by atoms with Crippen LogP contribution in [0.25, 0.3) is 44.3 Å². The van der Waals surface area contributed by atoms with Crippen molar-refractivity contribution in [3.05, 3.63) is 87.3 Å². The van der Waals surface area contributed by atoms with Gasteiger partial charge in [-0.3, -0.25) is 14.6 Å². The first-order chi connectivity index (χ1) is 22.5. The lowest BCUT2D eigenvalue weighted by molar-refractivity contribution is -0.671. The van der Waals surface area contributed by atoms with Gasteiger partial charge in [0.25, 0.3) is 0 Å². The molecule has 0 aromatic carbocycles. The summed E-state index contributed by atoms with van der Waals surface area (Å²) in [6.07, 6.45) is 6.48. The number of hydrogen-bond donors (Lipinski definition) is 3. The Morgan fingerprint density at radius 2 is 1.64 bits per heavy atom. The van der Waals surface area contributed by atoms with E-state index < -0.39 is 5.97 Å². The van der Waals surface area contributed by atoms with Crippen LogP contribution in [0, 0.1) is 13.8 Å². The van der Waals surface area contributed by atoms with Crippen LogP contribution in [0.1, 0.15) is 114 Å². The summed E-state index contributed by atoms with van der Waals surface area (Å²) < 4.78 is 2.02. The van der Waals surface area contributed by atoms with Crippen LogP contribution in [0.3, 0.4) is 0 Å². The summed E-state index contributed by atoms with van der Waals surface area (Å²) in [5, 5.41) is 9.76. The number of allylic oxidation sites excluding steroid dienone is 2. The second-order valence-electron chi connectivity index (χ2n) is 13.3. The maximum atomic E-state index is 13.7. The number of nitrogens with one attached hydrogen (secondary N) is 2. The first-order valence-electron chi connectivity index (χ1n) is 16.7. The number of aryl methyl sites for hydroxylation is 4. The number of carboxylic acid groups (broad SMARTS) is 1. The van der Waals surface area contributed by atoms with Crippen LogP contribution in [-0.2, 0) is 24.7 Å². The monoisotopic (exact) mass is 628 g/mol. The SMILES string of the molecule is CCC1=C(C)c2cc3[nH]c(c(C)c3CC)c(-c3cc[n+](C)cc3)c3nc(c4c5[nH]c(cc1n2)c(C)c5C(=O)C4)[C@@H](CCC(=O)O)[C@@H]3C. The molecule has 240 valence electrons. The van der Waals surface area contributed by atoms with Crippen LogP contribution in [0.2, 0.25) is 0 Å². The Bertz CT molecular complexity index is 2200. The van der Waals surface area contributed by atoms with Gasteiger partial charge in [0.15, 0.2) is 18.2 Å². The summed E-state index contributed by atoms with van der Waals surface area (Å²) in [5.74, 6) is -0.998. The molecule has 4 aromatic heterocycles. The van der Waals surface area contributed by atoms with Crippen molar-refractivity contribution < 1.29 is 19.3 Å². The third-order valence-electron chi connectivity index (χ3n) is 10.7. The second kappa shape index (κ2) is 11.4. The highest BCUT2D eigenvalue weighted by Crippen LogP contribution is 2.47. The van der Waals surface area contributed by atoms with E-state index in [1.54, 1.807) is 0 Å². The van der Waals surface area contributed by atoms with E-state index in [2.05, 4.69) is 68.9 Å². The lowest BCUT2D eigenvalue weighted by atomic mass is 9.83. The third-order valence-corrected chi connectivity index (χ3v) is 10.7. The van der Waals surface area contributed by atoms with Crippen LogP contribution in [0.4, 0.5) is 0 Å². The molecule has 4 aromatic rings. The molecule has 0 spiro atoms. The number of rotatable bonds is 6. The summed E-state index contributed by atoms with van der Waals surface area (Å²) in [7, 11) is 2.00. The fourth-order valence-electron chi connectivity index (χ4n) is 8.05. The van der Waals surface area contributed by atoms with E-state index in [-0.39, 0.29) is 30.5 Å². The molecular weight excluding hydrogens is 586 g/mol. The minimum atomic E-state index is -0.833. The third kappa shape index (κ3) is 4.84. The fourth-order valence-corrected chi connectivity index (χ4v) is 8.05. The Morgan fingerprint density at radius 1 is 0.936 bits per heavy atom. The molecule has 0 saturated carbocycles. The molecule has 1 aliphatic carbocycles. The second-order valence-corrected chi connectivity index (χ2v) is 13.3. The van der Waals surface area contributed by atoms with Crippen molar-refractivity contribution in [2.75, 3.05) is 0 Å². The molecule has 2 atom stereocenters. The zero-order chi connectivity index (χ0) is 33.3. The van der Waals surface area contributed by atoms with Gasteiger partial charge in [-0.25, -0.2) is 9.55 Å². The van der Waals surface area contributed by atoms with Gasteiger partial charge in [-0.2, -0.15) is 0 Å². The summed E-state index contributed by atoms with van der Waals surface area (Å²) in [5.41, 5.74) is 16.6. The van der Waals surface area contributed by atoms with Gasteiger partial charge in [0, 0.05) is 64.5 Å². The highest BCUT2D eigenvalue weighted by atomic mass is 16.4. The van der Waals surface area contributed by atoms with E-state index >= 15 is 0 Å². The van der Waals surface area contributed by atoms with E-state index in [4.69, 9.17) is 9.97 Å². The van der Waals surface area contributed by atoms with E-state index in [1.807, 2.05) is 30.9 Å². The average Bonchev–Trinajstić information content (AvgIpc) is 3.79. The Kier molecular flexibility index (Phi) is 7.49. The number of Topliss-reactive ketones (excluding diaryl/α,β-unsaturated/α-hetero) is 1. The summed E-state index contributed by atoms with van der Waals surface area (Å²) in [4.78, 5) is 43.6. The van der Waals surface area contributed by atoms with Crippen LogP contribution >= 0.6 is 0 Å². The van der Waals surface area contributed by atoms with Gasteiger partial charge in [0.1, 0.15) is 7.05 Å². The molecule has 7 rings (SSSR count). The Labute approximate surface area is 274 Å². The maximum absolute atomic E-state index is 13.7. The Balaban J connectivity index is 1.71. The van der Waals surface area contributed by atoms with E-state index in [0.29, 0.717) is 12.0 Å². The molecular formula is C39H42N5O3+. The normalized spacial score (nSPS) is 17.2. The predicted molar refractivity (Wildman–Crippen MR) is 185 cm³/mol. The molecule has 8 heteroatoms. The summed E-state index contributed by atoms with van der Waals surface area (Å²) in [6.45, 7) is 12.8. The number of H-pyrrole nitrogens is 2. The van der Waals surface area contributed by atoms with Crippen LogP contribution in [-0.4, -0.2) is 36.8 Å². The van der Waals surface area contributed by atoms with Gasteiger partial charge in [0.2, 0.25) is 0 Å². The zero-order valence-corrected chi connectivity index (χ0v) is 28.3. The van der Waals surface area contributed by atoms with Gasteiger partial charge in [0.05, 0.1) is 33.8 Å². The van der Waals surface area contributed by atoms with Gasteiger partial charge >= 0.3 is 5.97 Å². The quantitative estimate of drug-likeness (QED) is 0.188. The highest BCUT2D eigenvalue weighted by Gasteiger charge is 2.37. The van der Waals surface area contributed by atoms with Crippen LogP contribution in [0.5, 0.6) is 0 Å². The van der Waals surface area contributed by atoms with E-state index in [9.17, 15) is 14.7 Å². The Morgan fingerprint density at radius 3 is 2.32 bits per heavy atom. The molecule has 0 saturated heterocycles. The molecule has 0 fully saturated rings. The van der Waals surface area contributed by atoms with Crippen molar-refractivity contribution in [3.8, 4) is 11.1 Å². The number of hydrogen-bond acceptors (Lipinski definition) is 4. The number of carboxylic acids is 1. The first kappa shape index (κ1) is 30.8. The minimum Gasteiger partial charge on any atom is -0.481 e. The molecule has 6 heterocycles. The average molecular weight is 629 g/mol. The fraction of sp³-hybridized carbons (Fsp3) is 0.359. The number of aromatic nitrogens is 5. The maximum Gasteiger partial charge on any atom is 0.303 e. The van der Waals surface area contributed by atoms with Gasteiger partial charge in [-0.05, 0) is 85.6 Å². The topological polar surface area (TPSA) is 116 Å². The first-order valence-corrected chi connectivity index (χ1v) is 16.7. The van der Waals surface area contributed by atoms with Crippen molar-refractivity contribution in [3.63, 3.8) is 0 Å².